The highest BCUT2D eigenvalue weighted by atomic mass is 32.2. The molecule has 3 amide bonds. The second kappa shape index (κ2) is 9.61. The van der Waals surface area contributed by atoms with E-state index in [-0.39, 0.29) is 28.9 Å². The SMILES string of the molecule is CC1(C)C(=O)N(c2ccc(SC(F)(F)F)cc2)C(=O)N1Cc1ccnc(OCc2ccccc2)c1. The molecule has 0 spiro atoms. The van der Waals surface area contributed by atoms with Crippen molar-refractivity contribution in [1.82, 2.24) is 9.88 Å². The summed E-state index contributed by atoms with van der Waals surface area (Å²) in [7, 11) is 0. The Labute approximate surface area is 204 Å². The predicted octanol–water partition coefficient (Wildman–Crippen LogP) is 6.02. The smallest absolute Gasteiger partial charge is 0.446 e. The molecular formula is C25H22F3N3O3S. The maximum Gasteiger partial charge on any atom is 0.446 e. The van der Waals surface area contributed by atoms with Crippen LogP contribution in [0.3, 0.4) is 0 Å². The molecule has 3 aromatic rings. The summed E-state index contributed by atoms with van der Waals surface area (Å²) in [5, 5.41) is 0. The van der Waals surface area contributed by atoms with Crippen molar-refractivity contribution in [1.29, 1.82) is 0 Å². The van der Waals surface area contributed by atoms with Gasteiger partial charge in [-0.3, -0.25) is 4.79 Å². The lowest BCUT2D eigenvalue weighted by molar-refractivity contribution is -0.123. The zero-order chi connectivity index (χ0) is 25.2. The van der Waals surface area contributed by atoms with Gasteiger partial charge in [-0.1, -0.05) is 30.3 Å². The van der Waals surface area contributed by atoms with Gasteiger partial charge in [0, 0.05) is 23.7 Å². The third-order valence-electron chi connectivity index (χ3n) is 5.52. The summed E-state index contributed by atoms with van der Waals surface area (Å²) >= 11 is -0.257. The number of anilines is 1. The van der Waals surface area contributed by atoms with Crippen LogP contribution in [0.4, 0.5) is 23.7 Å². The number of benzene rings is 2. The van der Waals surface area contributed by atoms with Crippen LogP contribution in [0.25, 0.3) is 0 Å². The van der Waals surface area contributed by atoms with Gasteiger partial charge in [0.2, 0.25) is 5.88 Å². The predicted molar refractivity (Wildman–Crippen MR) is 126 cm³/mol. The maximum atomic E-state index is 13.2. The van der Waals surface area contributed by atoms with Gasteiger partial charge in [0.05, 0.1) is 5.69 Å². The number of thioether (sulfide) groups is 1. The number of imide groups is 1. The lowest BCUT2D eigenvalue weighted by atomic mass is 10.0. The number of hydrogen-bond donors (Lipinski definition) is 0. The molecule has 0 unspecified atom stereocenters. The number of rotatable bonds is 7. The zero-order valence-corrected chi connectivity index (χ0v) is 19.8. The second-order valence-electron chi connectivity index (χ2n) is 8.39. The first-order valence-electron chi connectivity index (χ1n) is 10.7. The van der Waals surface area contributed by atoms with E-state index in [2.05, 4.69) is 4.98 Å². The molecule has 6 nitrogen and oxygen atoms in total. The molecular weight excluding hydrogens is 479 g/mol. The van der Waals surface area contributed by atoms with E-state index in [1.165, 1.54) is 29.2 Å². The van der Waals surface area contributed by atoms with E-state index in [1.54, 1.807) is 32.2 Å². The number of halogens is 3. The topological polar surface area (TPSA) is 62.7 Å². The number of nitrogens with zero attached hydrogens (tertiary/aromatic N) is 3. The van der Waals surface area contributed by atoms with Gasteiger partial charge in [-0.15, -0.1) is 0 Å². The molecule has 0 radical (unpaired) electrons. The number of aromatic nitrogens is 1. The Morgan fingerprint density at radius 2 is 1.66 bits per heavy atom. The minimum Gasteiger partial charge on any atom is -0.473 e. The summed E-state index contributed by atoms with van der Waals surface area (Å²) in [6.45, 7) is 3.73. The fourth-order valence-corrected chi connectivity index (χ4v) is 4.21. The molecule has 0 saturated carbocycles. The first-order valence-corrected chi connectivity index (χ1v) is 11.5. The summed E-state index contributed by atoms with van der Waals surface area (Å²) in [5.41, 5.74) is -3.67. The Morgan fingerprint density at radius 1 is 0.971 bits per heavy atom. The molecule has 0 N–H and O–H groups in total. The van der Waals surface area contributed by atoms with Crippen LogP contribution < -0.4 is 9.64 Å². The first-order chi connectivity index (χ1) is 16.5. The van der Waals surface area contributed by atoms with Crippen molar-refractivity contribution in [3.8, 4) is 5.88 Å². The number of carbonyl (C=O) groups is 2. The van der Waals surface area contributed by atoms with Gasteiger partial charge < -0.3 is 9.64 Å². The summed E-state index contributed by atoms with van der Waals surface area (Å²) in [5.74, 6) is -0.0786. The van der Waals surface area contributed by atoms with Gasteiger partial charge in [0.15, 0.2) is 0 Å². The molecule has 1 fully saturated rings. The van der Waals surface area contributed by atoms with Gasteiger partial charge in [-0.05, 0) is 67.1 Å². The van der Waals surface area contributed by atoms with Gasteiger partial charge in [0.25, 0.3) is 5.91 Å². The molecule has 0 atom stereocenters. The van der Waals surface area contributed by atoms with Crippen LogP contribution in [-0.2, 0) is 17.9 Å². The molecule has 1 aromatic heterocycles. The fraction of sp³-hybridized carbons (Fsp3) is 0.240. The van der Waals surface area contributed by atoms with Crippen LogP contribution in [0, 0.1) is 0 Å². The average Bonchev–Trinajstić information content (AvgIpc) is 2.98. The van der Waals surface area contributed by atoms with Crippen molar-refractivity contribution in [2.75, 3.05) is 4.90 Å². The molecule has 35 heavy (non-hydrogen) atoms. The number of amides is 3. The Morgan fingerprint density at radius 3 is 2.31 bits per heavy atom. The lowest BCUT2D eigenvalue weighted by Crippen LogP contribution is -2.43. The number of urea groups is 1. The van der Waals surface area contributed by atoms with Crippen molar-refractivity contribution >= 4 is 29.4 Å². The Balaban J connectivity index is 1.50. The molecule has 10 heteroatoms. The number of hydrogen-bond acceptors (Lipinski definition) is 5. The monoisotopic (exact) mass is 501 g/mol. The van der Waals surface area contributed by atoms with E-state index in [0.717, 1.165) is 16.0 Å². The number of ether oxygens (including phenoxy) is 1. The maximum absolute atomic E-state index is 13.2. The van der Waals surface area contributed by atoms with Gasteiger partial charge in [0.1, 0.15) is 12.1 Å². The highest BCUT2D eigenvalue weighted by molar-refractivity contribution is 8.00. The van der Waals surface area contributed by atoms with E-state index < -0.39 is 23.0 Å². The number of pyridine rings is 1. The van der Waals surface area contributed by atoms with Crippen LogP contribution in [0.15, 0.2) is 77.8 Å². The summed E-state index contributed by atoms with van der Waals surface area (Å²) < 4.78 is 43.6. The van der Waals surface area contributed by atoms with Crippen molar-refractivity contribution in [3.05, 3.63) is 84.1 Å². The molecule has 2 aromatic carbocycles. The fourth-order valence-electron chi connectivity index (χ4n) is 3.67. The number of alkyl halides is 3. The van der Waals surface area contributed by atoms with E-state index in [4.69, 9.17) is 4.74 Å². The summed E-state index contributed by atoms with van der Waals surface area (Å²) in [6.07, 6.45) is 1.57. The van der Waals surface area contributed by atoms with E-state index in [0.29, 0.717) is 12.5 Å². The molecule has 0 aliphatic carbocycles. The molecule has 1 aliphatic heterocycles. The summed E-state index contributed by atoms with van der Waals surface area (Å²) in [4.78, 5) is 33.0. The van der Waals surface area contributed by atoms with Crippen LogP contribution in [0.1, 0.15) is 25.0 Å². The van der Waals surface area contributed by atoms with E-state index >= 15 is 0 Å². The minimum absolute atomic E-state index is 0.0312. The summed E-state index contributed by atoms with van der Waals surface area (Å²) in [6, 6.07) is 17.6. The van der Waals surface area contributed by atoms with Crippen molar-refractivity contribution in [2.24, 2.45) is 0 Å². The Kier molecular flexibility index (Phi) is 6.75. The van der Waals surface area contributed by atoms with Crippen LogP contribution in [0.2, 0.25) is 0 Å². The highest BCUT2D eigenvalue weighted by Gasteiger charge is 2.51. The lowest BCUT2D eigenvalue weighted by Gasteiger charge is -2.27. The van der Waals surface area contributed by atoms with Crippen molar-refractivity contribution in [2.45, 2.75) is 42.9 Å². The van der Waals surface area contributed by atoms with Crippen molar-refractivity contribution < 1.29 is 27.5 Å². The molecule has 1 aliphatic rings. The molecule has 0 bridgehead atoms. The van der Waals surface area contributed by atoms with Crippen molar-refractivity contribution in [3.63, 3.8) is 0 Å². The van der Waals surface area contributed by atoms with Crippen LogP contribution in [0.5, 0.6) is 5.88 Å². The van der Waals surface area contributed by atoms with Crippen LogP contribution >= 0.6 is 11.8 Å². The van der Waals surface area contributed by atoms with Gasteiger partial charge in [-0.2, -0.15) is 13.2 Å². The second-order valence-corrected chi connectivity index (χ2v) is 9.53. The highest BCUT2D eigenvalue weighted by Crippen LogP contribution is 2.39. The van der Waals surface area contributed by atoms with E-state index in [1.807, 2.05) is 30.3 Å². The van der Waals surface area contributed by atoms with Gasteiger partial charge in [-0.25, -0.2) is 14.7 Å². The minimum atomic E-state index is -4.42. The van der Waals surface area contributed by atoms with E-state index in [9.17, 15) is 22.8 Å². The quantitative estimate of drug-likeness (QED) is 0.293. The third kappa shape index (κ3) is 5.59. The first kappa shape index (κ1) is 24.6. The van der Waals surface area contributed by atoms with Crippen LogP contribution in [-0.4, -0.2) is 32.9 Å². The molecule has 2 heterocycles. The molecule has 1 saturated heterocycles. The molecule has 182 valence electrons. The van der Waals surface area contributed by atoms with Gasteiger partial charge >= 0.3 is 11.5 Å². The molecule has 4 rings (SSSR count). The Bertz CT molecular complexity index is 1220. The number of carbonyl (C=O) groups excluding carboxylic acids is 2. The Hall–Kier alpha value is -3.53. The largest absolute Gasteiger partial charge is 0.473 e. The third-order valence-corrected chi connectivity index (χ3v) is 6.26. The standard InChI is InChI=1S/C25H22F3N3O3S/c1-24(2)22(32)31(19-8-10-20(11-9-19)35-25(26,27)28)23(33)30(24)15-18-12-13-29-21(14-18)34-16-17-6-4-3-5-7-17/h3-14H,15-16H2,1-2H3. The average molecular weight is 502 g/mol. The normalized spacial score (nSPS) is 15.6. The zero-order valence-electron chi connectivity index (χ0n) is 19.0.